The van der Waals surface area contributed by atoms with Crippen molar-refractivity contribution in [3.63, 3.8) is 0 Å². The molecule has 1 aromatic carbocycles. The Hall–Kier alpha value is -0.140. The van der Waals surface area contributed by atoms with E-state index in [1.165, 1.54) is 19.2 Å². The predicted molar refractivity (Wildman–Crippen MR) is 56.7 cm³/mol. The molecular weight excluding hydrogens is 343 g/mol. The van der Waals surface area contributed by atoms with Gasteiger partial charge in [-0.25, -0.2) is 0 Å². The SMILES string of the molecule is COc1ccc(Br)c(S(=O)(=O)F)c1Br. The molecule has 3 nitrogen and oxygen atoms in total. The fourth-order valence-electron chi connectivity index (χ4n) is 0.896. The molecule has 0 radical (unpaired) electrons. The van der Waals surface area contributed by atoms with Gasteiger partial charge in [0.05, 0.1) is 11.6 Å². The van der Waals surface area contributed by atoms with Crippen LogP contribution in [-0.4, -0.2) is 15.5 Å². The van der Waals surface area contributed by atoms with E-state index >= 15 is 0 Å². The lowest BCUT2D eigenvalue weighted by Gasteiger charge is -2.07. The summed E-state index contributed by atoms with van der Waals surface area (Å²) in [4.78, 5) is -0.461. The van der Waals surface area contributed by atoms with E-state index in [1.54, 1.807) is 0 Å². The number of ether oxygens (including phenoxy) is 1. The molecule has 78 valence electrons. The van der Waals surface area contributed by atoms with Crippen molar-refractivity contribution in [1.29, 1.82) is 0 Å². The van der Waals surface area contributed by atoms with Crippen LogP contribution in [0.2, 0.25) is 0 Å². The smallest absolute Gasteiger partial charge is 0.334 e. The lowest BCUT2D eigenvalue weighted by Crippen LogP contribution is -1.97. The van der Waals surface area contributed by atoms with E-state index in [4.69, 9.17) is 4.74 Å². The first kappa shape index (κ1) is 11.9. The van der Waals surface area contributed by atoms with Crippen LogP contribution in [0.4, 0.5) is 3.89 Å². The molecule has 0 saturated carbocycles. The summed E-state index contributed by atoms with van der Waals surface area (Å²) in [5.74, 6) is 0.254. The Morgan fingerprint density at radius 2 is 1.93 bits per heavy atom. The van der Waals surface area contributed by atoms with Gasteiger partial charge in [-0.05, 0) is 44.0 Å². The standard InChI is InChI=1S/C7H5Br2FO3S/c1-13-5-3-2-4(8)7(6(5)9)14(10,11)12/h2-3H,1H3. The van der Waals surface area contributed by atoms with Crippen LogP contribution < -0.4 is 4.74 Å². The highest BCUT2D eigenvalue weighted by Crippen LogP contribution is 2.37. The summed E-state index contributed by atoms with van der Waals surface area (Å²) in [6.45, 7) is 0. The molecule has 0 unspecified atom stereocenters. The van der Waals surface area contributed by atoms with Gasteiger partial charge in [0.25, 0.3) is 0 Å². The first-order valence-corrected chi connectivity index (χ1v) is 6.31. The highest BCUT2D eigenvalue weighted by atomic mass is 79.9. The Kier molecular flexibility index (Phi) is 3.54. The van der Waals surface area contributed by atoms with Gasteiger partial charge in [0, 0.05) is 4.47 Å². The van der Waals surface area contributed by atoms with Gasteiger partial charge < -0.3 is 4.74 Å². The van der Waals surface area contributed by atoms with Crippen LogP contribution >= 0.6 is 31.9 Å². The molecule has 7 heteroatoms. The van der Waals surface area contributed by atoms with Crippen molar-refractivity contribution in [2.45, 2.75) is 4.90 Å². The Labute approximate surface area is 97.7 Å². The molecule has 1 rings (SSSR count). The molecule has 0 N–H and O–H groups in total. The largest absolute Gasteiger partial charge is 0.496 e. The van der Waals surface area contributed by atoms with E-state index in [2.05, 4.69) is 31.9 Å². The summed E-state index contributed by atoms with van der Waals surface area (Å²) in [6, 6.07) is 2.92. The van der Waals surface area contributed by atoms with Crippen LogP contribution in [0.25, 0.3) is 0 Å². The molecule has 0 bridgehead atoms. The van der Waals surface area contributed by atoms with E-state index in [0.29, 0.717) is 0 Å². The summed E-state index contributed by atoms with van der Waals surface area (Å²) < 4.78 is 39.4. The minimum atomic E-state index is -4.77. The molecule has 14 heavy (non-hydrogen) atoms. The van der Waals surface area contributed by atoms with Crippen LogP contribution in [0.3, 0.4) is 0 Å². The fraction of sp³-hybridized carbons (Fsp3) is 0.143. The Balaban J connectivity index is 3.57. The van der Waals surface area contributed by atoms with Crippen LogP contribution in [0, 0.1) is 0 Å². The summed E-state index contributed by atoms with van der Waals surface area (Å²) in [5, 5.41) is 0. The monoisotopic (exact) mass is 346 g/mol. The van der Waals surface area contributed by atoms with E-state index in [0.717, 1.165) is 0 Å². The predicted octanol–water partition coefficient (Wildman–Crippen LogP) is 2.88. The minimum absolute atomic E-state index is 0.0666. The van der Waals surface area contributed by atoms with Crippen LogP contribution in [0.15, 0.2) is 26.0 Å². The third-order valence-electron chi connectivity index (χ3n) is 1.48. The molecule has 0 heterocycles. The summed E-state index contributed by atoms with van der Waals surface area (Å²) in [5.41, 5.74) is 0. The van der Waals surface area contributed by atoms with Crippen molar-refractivity contribution in [3.8, 4) is 5.75 Å². The van der Waals surface area contributed by atoms with Crippen LogP contribution in [-0.2, 0) is 10.2 Å². The quantitative estimate of drug-likeness (QED) is 0.772. The minimum Gasteiger partial charge on any atom is -0.496 e. The average molecular weight is 348 g/mol. The maximum Gasteiger partial charge on any atom is 0.334 e. The Bertz CT molecular complexity index is 458. The zero-order chi connectivity index (χ0) is 10.9. The second-order valence-electron chi connectivity index (χ2n) is 2.33. The molecule has 0 aliphatic carbocycles. The number of benzene rings is 1. The highest BCUT2D eigenvalue weighted by Gasteiger charge is 2.22. The average Bonchev–Trinajstić information content (AvgIpc) is 2.02. The van der Waals surface area contributed by atoms with Crippen molar-refractivity contribution >= 4 is 42.1 Å². The molecule has 0 fully saturated rings. The number of rotatable bonds is 2. The van der Waals surface area contributed by atoms with Gasteiger partial charge in [-0.2, -0.15) is 8.42 Å². The van der Waals surface area contributed by atoms with Gasteiger partial charge in [-0.3, -0.25) is 0 Å². The van der Waals surface area contributed by atoms with E-state index in [1.807, 2.05) is 0 Å². The Morgan fingerprint density at radius 3 is 2.36 bits per heavy atom. The zero-order valence-corrected chi connectivity index (χ0v) is 10.9. The van der Waals surface area contributed by atoms with E-state index in [-0.39, 0.29) is 14.7 Å². The third kappa shape index (κ3) is 2.26. The van der Waals surface area contributed by atoms with E-state index < -0.39 is 15.1 Å². The first-order valence-electron chi connectivity index (χ1n) is 3.34. The van der Waals surface area contributed by atoms with Crippen LogP contribution in [0.5, 0.6) is 5.75 Å². The van der Waals surface area contributed by atoms with Gasteiger partial charge in [0.15, 0.2) is 0 Å². The number of hydrogen-bond donors (Lipinski definition) is 0. The number of halogens is 3. The van der Waals surface area contributed by atoms with Crippen LogP contribution in [0.1, 0.15) is 0 Å². The number of hydrogen-bond acceptors (Lipinski definition) is 3. The topological polar surface area (TPSA) is 43.4 Å². The van der Waals surface area contributed by atoms with E-state index in [9.17, 15) is 12.3 Å². The fourth-order valence-corrected chi connectivity index (χ4v) is 3.78. The molecule has 0 saturated heterocycles. The van der Waals surface area contributed by atoms with Crippen molar-refractivity contribution in [2.75, 3.05) is 7.11 Å². The molecule has 0 aliphatic rings. The van der Waals surface area contributed by atoms with Gasteiger partial charge in [0.1, 0.15) is 10.6 Å². The zero-order valence-electron chi connectivity index (χ0n) is 6.92. The van der Waals surface area contributed by atoms with Crippen molar-refractivity contribution in [2.24, 2.45) is 0 Å². The molecular formula is C7H5Br2FO3S. The Morgan fingerprint density at radius 1 is 1.36 bits per heavy atom. The second kappa shape index (κ2) is 4.16. The maximum absolute atomic E-state index is 12.8. The molecule has 1 aromatic rings. The maximum atomic E-state index is 12.8. The van der Waals surface area contributed by atoms with Gasteiger partial charge in [-0.1, -0.05) is 0 Å². The lowest BCUT2D eigenvalue weighted by atomic mass is 10.3. The lowest BCUT2D eigenvalue weighted by molar-refractivity contribution is 0.410. The molecule has 0 aromatic heterocycles. The van der Waals surface area contributed by atoms with Crippen molar-refractivity contribution in [3.05, 3.63) is 21.1 Å². The second-order valence-corrected chi connectivity index (χ2v) is 5.26. The van der Waals surface area contributed by atoms with Crippen molar-refractivity contribution < 1.29 is 17.0 Å². The molecule has 0 spiro atoms. The molecule has 0 amide bonds. The highest BCUT2D eigenvalue weighted by molar-refractivity contribution is 9.11. The van der Waals surface area contributed by atoms with Gasteiger partial charge in [0.2, 0.25) is 0 Å². The summed E-state index contributed by atoms with van der Waals surface area (Å²) >= 11 is 5.90. The third-order valence-corrected chi connectivity index (χ3v) is 4.36. The molecule has 0 atom stereocenters. The molecule has 0 aliphatic heterocycles. The summed E-state index contributed by atoms with van der Waals surface area (Å²) in [6.07, 6.45) is 0. The van der Waals surface area contributed by atoms with Crippen molar-refractivity contribution in [1.82, 2.24) is 0 Å². The van der Waals surface area contributed by atoms with Gasteiger partial charge >= 0.3 is 10.2 Å². The van der Waals surface area contributed by atoms with Gasteiger partial charge in [-0.15, -0.1) is 3.89 Å². The summed E-state index contributed by atoms with van der Waals surface area (Å²) in [7, 11) is -3.41. The normalized spacial score (nSPS) is 11.4. The first-order chi connectivity index (χ1) is 6.38. The number of methoxy groups -OCH3 is 1.